The molecule has 13 heavy (non-hydrogen) atoms. The van der Waals surface area contributed by atoms with Gasteiger partial charge < -0.3 is 0 Å². The molecule has 71 valence electrons. The normalized spacial score (nSPS) is 12.2. The molecule has 0 aromatic carbocycles. The van der Waals surface area contributed by atoms with E-state index < -0.39 is 11.7 Å². The van der Waals surface area contributed by atoms with E-state index in [4.69, 9.17) is 0 Å². The summed E-state index contributed by atoms with van der Waals surface area (Å²) in [7, 11) is 0. The highest BCUT2D eigenvalue weighted by Crippen LogP contribution is 2.29. The van der Waals surface area contributed by atoms with Gasteiger partial charge >= 0.3 is 6.18 Å². The number of hydrogen-bond donors (Lipinski definition) is 0. The molecule has 0 N–H and O–H groups in total. The molecule has 0 spiro atoms. The van der Waals surface area contributed by atoms with Gasteiger partial charge in [-0.15, -0.1) is 0 Å². The Labute approximate surface area is 74.6 Å². The van der Waals surface area contributed by atoms with Crippen LogP contribution in [0.1, 0.15) is 25.1 Å². The van der Waals surface area contributed by atoms with Gasteiger partial charge in [0.05, 0.1) is 5.56 Å². The largest absolute Gasteiger partial charge is 0.416 e. The third kappa shape index (κ3) is 2.44. The molecule has 0 aliphatic heterocycles. The number of hydrogen-bond acceptors (Lipinski definition) is 1. The highest BCUT2D eigenvalue weighted by molar-refractivity contribution is 5.26. The summed E-state index contributed by atoms with van der Waals surface area (Å²) < 4.78 is 36.6. The molecule has 0 unspecified atom stereocenters. The zero-order valence-corrected chi connectivity index (χ0v) is 7.31. The molecule has 0 amide bonds. The Bertz CT molecular complexity index is 291. The van der Waals surface area contributed by atoms with Crippen molar-refractivity contribution in [2.75, 3.05) is 0 Å². The minimum atomic E-state index is -4.28. The van der Waals surface area contributed by atoms with E-state index in [0.29, 0.717) is 5.69 Å². The quantitative estimate of drug-likeness (QED) is 0.660. The van der Waals surface area contributed by atoms with Crippen LogP contribution in [0, 0.1) is 5.92 Å². The van der Waals surface area contributed by atoms with E-state index in [0.717, 1.165) is 18.1 Å². The number of rotatable bonds is 1. The Hall–Kier alpha value is -1.06. The van der Waals surface area contributed by atoms with Crippen LogP contribution in [0.25, 0.3) is 0 Å². The van der Waals surface area contributed by atoms with Crippen molar-refractivity contribution in [2.24, 2.45) is 0 Å². The molecular formula is C9H9F3N. The van der Waals surface area contributed by atoms with E-state index >= 15 is 0 Å². The highest BCUT2D eigenvalue weighted by atomic mass is 19.4. The first-order valence-corrected chi connectivity index (χ1v) is 3.75. The van der Waals surface area contributed by atoms with E-state index in [-0.39, 0.29) is 0 Å². The summed E-state index contributed by atoms with van der Waals surface area (Å²) in [6, 6.07) is 2.02. The van der Waals surface area contributed by atoms with E-state index in [1.165, 1.54) is 6.20 Å². The summed E-state index contributed by atoms with van der Waals surface area (Å²) in [4.78, 5) is 3.82. The molecule has 1 radical (unpaired) electrons. The third-order valence-corrected chi connectivity index (χ3v) is 1.60. The first-order chi connectivity index (χ1) is 5.91. The fourth-order valence-corrected chi connectivity index (χ4v) is 0.880. The van der Waals surface area contributed by atoms with Gasteiger partial charge in [0.2, 0.25) is 0 Å². The van der Waals surface area contributed by atoms with Crippen LogP contribution >= 0.6 is 0 Å². The Kier molecular flexibility index (Phi) is 2.59. The Morgan fingerprint density at radius 1 is 1.31 bits per heavy atom. The summed E-state index contributed by atoms with van der Waals surface area (Å²) in [5.74, 6) is 0.770. The number of halogens is 3. The Balaban J connectivity index is 3.06. The van der Waals surface area contributed by atoms with Crippen LogP contribution in [-0.4, -0.2) is 4.98 Å². The van der Waals surface area contributed by atoms with Crippen LogP contribution in [-0.2, 0) is 6.18 Å². The van der Waals surface area contributed by atoms with Crippen LogP contribution in [0.4, 0.5) is 13.2 Å². The number of aromatic nitrogens is 1. The maximum atomic E-state index is 12.2. The number of pyridine rings is 1. The van der Waals surface area contributed by atoms with E-state index in [1.54, 1.807) is 13.8 Å². The first-order valence-electron chi connectivity index (χ1n) is 3.75. The minimum absolute atomic E-state index is 0.384. The molecule has 0 saturated heterocycles. The molecular weight excluding hydrogens is 179 g/mol. The fraction of sp³-hybridized carbons (Fsp3) is 0.333. The molecule has 0 bridgehead atoms. The van der Waals surface area contributed by atoms with Crippen LogP contribution in [0.5, 0.6) is 0 Å². The van der Waals surface area contributed by atoms with Crippen molar-refractivity contribution in [3.05, 3.63) is 35.5 Å². The topological polar surface area (TPSA) is 12.9 Å². The molecule has 1 rings (SSSR count). The molecule has 4 heteroatoms. The van der Waals surface area contributed by atoms with Crippen molar-refractivity contribution in [1.29, 1.82) is 0 Å². The van der Waals surface area contributed by atoms with Crippen molar-refractivity contribution < 1.29 is 13.2 Å². The smallest absolute Gasteiger partial charge is 0.261 e. The summed E-state index contributed by atoms with van der Waals surface area (Å²) in [5, 5.41) is 0. The predicted octanol–water partition coefficient (Wildman–Crippen LogP) is 3.06. The molecule has 0 saturated carbocycles. The maximum absolute atomic E-state index is 12.2. The lowest BCUT2D eigenvalue weighted by Crippen LogP contribution is -2.06. The second kappa shape index (κ2) is 3.36. The summed E-state index contributed by atoms with van der Waals surface area (Å²) in [6.07, 6.45) is -3.11. The van der Waals surface area contributed by atoms with Crippen molar-refractivity contribution in [3.63, 3.8) is 0 Å². The zero-order valence-electron chi connectivity index (χ0n) is 7.31. The molecule has 0 aliphatic carbocycles. The van der Waals surface area contributed by atoms with E-state index in [9.17, 15) is 13.2 Å². The summed E-state index contributed by atoms with van der Waals surface area (Å²) in [6.45, 7) is 3.45. The van der Waals surface area contributed by atoms with Gasteiger partial charge in [-0.2, -0.15) is 13.2 Å². The average molecular weight is 188 g/mol. The van der Waals surface area contributed by atoms with Crippen molar-refractivity contribution in [2.45, 2.75) is 20.0 Å². The molecule has 1 nitrogen and oxygen atoms in total. The van der Waals surface area contributed by atoms with E-state index in [1.807, 2.05) is 0 Å². The van der Waals surface area contributed by atoms with Crippen LogP contribution in [0.15, 0.2) is 18.3 Å². The lowest BCUT2D eigenvalue weighted by Gasteiger charge is -2.09. The molecule has 1 aromatic heterocycles. The third-order valence-electron chi connectivity index (χ3n) is 1.60. The van der Waals surface area contributed by atoms with Crippen molar-refractivity contribution in [1.82, 2.24) is 4.98 Å². The number of nitrogens with zero attached hydrogens (tertiary/aromatic N) is 1. The standard InChI is InChI=1S/C9H9F3N/c1-6(2)8-5-7(3-4-13-8)9(10,11)12/h3-5H,1-2H3. The predicted molar refractivity (Wildman–Crippen MR) is 42.9 cm³/mol. The average Bonchev–Trinajstić information content (AvgIpc) is 2.03. The maximum Gasteiger partial charge on any atom is 0.416 e. The summed E-state index contributed by atoms with van der Waals surface area (Å²) >= 11 is 0. The van der Waals surface area contributed by atoms with Crippen molar-refractivity contribution >= 4 is 0 Å². The number of alkyl halides is 3. The van der Waals surface area contributed by atoms with Gasteiger partial charge in [0.1, 0.15) is 0 Å². The molecule has 1 heterocycles. The van der Waals surface area contributed by atoms with E-state index in [2.05, 4.69) is 4.98 Å². The minimum Gasteiger partial charge on any atom is -0.261 e. The van der Waals surface area contributed by atoms with Gasteiger partial charge in [0.15, 0.2) is 0 Å². The second-order valence-electron chi connectivity index (χ2n) is 2.93. The van der Waals surface area contributed by atoms with Gasteiger partial charge in [0, 0.05) is 17.8 Å². The zero-order chi connectivity index (χ0) is 10.1. The fourth-order valence-electron chi connectivity index (χ4n) is 0.880. The van der Waals surface area contributed by atoms with Crippen LogP contribution in [0.3, 0.4) is 0 Å². The highest BCUT2D eigenvalue weighted by Gasteiger charge is 2.30. The lowest BCUT2D eigenvalue weighted by molar-refractivity contribution is -0.137. The molecule has 0 fully saturated rings. The lowest BCUT2D eigenvalue weighted by atomic mass is 10.1. The van der Waals surface area contributed by atoms with Gasteiger partial charge in [-0.25, -0.2) is 0 Å². The van der Waals surface area contributed by atoms with Gasteiger partial charge in [-0.3, -0.25) is 4.98 Å². The molecule has 0 aliphatic rings. The first kappa shape index (κ1) is 10.0. The Morgan fingerprint density at radius 2 is 1.92 bits per heavy atom. The van der Waals surface area contributed by atoms with Gasteiger partial charge in [0.25, 0.3) is 0 Å². The Morgan fingerprint density at radius 3 is 2.38 bits per heavy atom. The molecule has 0 atom stereocenters. The van der Waals surface area contributed by atoms with Gasteiger partial charge in [-0.1, -0.05) is 13.8 Å². The molecule has 1 aromatic rings. The second-order valence-corrected chi connectivity index (χ2v) is 2.93. The van der Waals surface area contributed by atoms with Crippen LogP contribution in [0.2, 0.25) is 0 Å². The SMILES string of the molecule is C[C](C)c1cc(C(F)(F)F)ccn1. The summed E-state index contributed by atoms with van der Waals surface area (Å²) in [5.41, 5.74) is -0.270. The monoisotopic (exact) mass is 188 g/mol. The van der Waals surface area contributed by atoms with Crippen molar-refractivity contribution in [3.8, 4) is 0 Å². The van der Waals surface area contributed by atoms with Crippen LogP contribution < -0.4 is 0 Å². The van der Waals surface area contributed by atoms with Gasteiger partial charge in [-0.05, 0) is 12.1 Å².